The first-order valence-corrected chi connectivity index (χ1v) is 5.93. The van der Waals surface area contributed by atoms with Gasteiger partial charge in [0.1, 0.15) is 0 Å². The summed E-state index contributed by atoms with van der Waals surface area (Å²) < 4.78 is 0. The molecule has 1 saturated carbocycles. The fourth-order valence-electron chi connectivity index (χ4n) is 2.41. The van der Waals surface area contributed by atoms with E-state index in [1.54, 1.807) is 0 Å². The number of rotatable bonds is 3. The molecule has 0 aromatic carbocycles. The van der Waals surface area contributed by atoms with Crippen LogP contribution in [0.15, 0.2) is 0 Å². The van der Waals surface area contributed by atoms with E-state index in [-0.39, 0.29) is 0 Å². The summed E-state index contributed by atoms with van der Waals surface area (Å²) in [5.74, 6) is 7.73. The van der Waals surface area contributed by atoms with E-state index in [1.165, 1.54) is 32.1 Å². The Morgan fingerprint density at radius 2 is 1.93 bits per heavy atom. The zero-order chi connectivity index (χ0) is 10.4. The molecule has 0 aromatic rings. The Hall–Kier alpha value is -0.480. The zero-order valence-corrected chi connectivity index (χ0v) is 9.55. The van der Waals surface area contributed by atoms with Crippen molar-refractivity contribution in [3.8, 4) is 11.8 Å². The van der Waals surface area contributed by atoms with Gasteiger partial charge in [-0.2, -0.15) is 0 Å². The van der Waals surface area contributed by atoms with Crippen molar-refractivity contribution >= 4 is 0 Å². The van der Waals surface area contributed by atoms with Crippen LogP contribution in [0.3, 0.4) is 0 Å². The summed E-state index contributed by atoms with van der Waals surface area (Å²) in [5.41, 5.74) is 6.12. The minimum absolute atomic E-state index is 0.320. The maximum absolute atomic E-state index is 6.12. The summed E-state index contributed by atoms with van der Waals surface area (Å²) in [7, 11) is 0. The van der Waals surface area contributed by atoms with Crippen LogP contribution in [0.25, 0.3) is 0 Å². The molecular weight excluding hydrogens is 170 g/mol. The van der Waals surface area contributed by atoms with Crippen LogP contribution >= 0.6 is 0 Å². The van der Waals surface area contributed by atoms with E-state index < -0.39 is 0 Å². The standard InChI is InChI=1S/C13H23N/c1-3-5-6-13(14)12-9-7-11(4-2)8-10-12/h11-13H,4,6-10,14H2,1-2H3. The summed E-state index contributed by atoms with van der Waals surface area (Å²) in [6.07, 6.45) is 7.65. The second-order valence-electron chi connectivity index (χ2n) is 4.48. The first kappa shape index (κ1) is 11.6. The second-order valence-corrected chi connectivity index (χ2v) is 4.48. The first-order chi connectivity index (χ1) is 6.77. The van der Waals surface area contributed by atoms with Gasteiger partial charge in [0.25, 0.3) is 0 Å². The highest BCUT2D eigenvalue weighted by molar-refractivity contribution is 4.99. The van der Waals surface area contributed by atoms with E-state index in [0.29, 0.717) is 6.04 Å². The Labute approximate surface area is 88.5 Å². The molecule has 1 atom stereocenters. The Balaban J connectivity index is 2.28. The first-order valence-electron chi connectivity index (χ1n) is 5.93. The van der Waals surface area contributed by atoms with Crippen molar-refractivity contribution in [1.82, 2.24) is 0 Å². The fourth-order valence-corrected chi connectivity index (χ4v) is 2.41. The van der Waals surface area contributed by atoms with Crippen LogP contribution < -0.4 is 5.73 Å². The minimum Gasteiger partial charge on any atom is -0.327 e. The molecule has 1 fully saturated rings. The van der Waals surface area contributed by atoms with Crippen LogP contribution in [0.4, 0.5) is 0 Å². The molecule has 80 valence electrons. The van der Waals surface area contributed by atoms with Gasteiger partial charge in [-0.25, -0.2) is 0 Å². The van der Waals surface area contributed by atoms with Crippen molar-refractivity contribution in [3.63, 3.8) is 0 Å². The second kappa shape index (κ2) is 6.09. The lowest BCUT2D eigenvalue weighted by Crippen LogP contribution is -2.32. The van der Waals surface area contributed by atoms with E-state index in [2.05, 4.69) is 18.8 Å². The molecule has 1 heteroatoms. The Bertz CT molecular complexity index is 203. The number of nitrogens with two attached hydrogens (primary N) is 1. The average Bonchev–Trinajstić information content (AvgIpc) is 2.26. The monoisotopic (exact) mass is 193 g/mol. The topological polar surface area (TPSA) is 26.0 Å². The molecule has 0 amide bonds. The predicted octanol–water partition coefficient (Wildman–Crippen LogP) is 2.94. The van der Waals surface area contributed by atoms with Gasteiger partial charge >= 0.3 is 0 Å². The van der Waals surface area contributed by atoms with Crippen molar-refractivity contribution in [3.05, 3.63) is 0 Å². The molecule has 0 bridgehead atoms. The number of hydrogen-bond donors (Lipinski definition) is 1. The van der Waals surface area contributed by atoms with E-state index in [9.17, 15) is 0 Å². The van der Waals surface area contributed by atoms with Crippen LogP contribution in [-0.2, 0) is 0 Å². The summed E-state index contributed by atoms with van der Waals surface area (Å²) in [5, 5.41) is 0. The molecule has 0 saturated heterocycles. The van der Waals surface area contributed by atoms with Crippen molar-refractivity contribution in [1.29, 1.82) is 0 Å². The molecule has 0 aromatic heterocycles. The van der Waals surface area contributed by atoms with Crippen LogP contribution in [0.2, 0.25) is 0 Å². The molecule has 0 radical (unpaired) electrons. The Morgan fingerprint density at radius 3 is 2.43 bits per heavy atom. The van der Waals surface area contributed by atoms with E-state index in [4.69, 9.17) is 5.73 Å². The lowest BCUT2D eigenvalue weighted by atomic mass is 9.77. The van der Waals surface area contributed by atoms with Gasteiger partial charge in [-0.1, -0.05) is 26.2 Å². The van der Waals surface area contributed by atoms with Crippen molar-refractivity contribution in [2.24, 2.45) is 17.6 Å². The van der Waals surface area contributed by atoms with Gasteiger partial charge in [0, 0.05) is 12.5 Å². The third kappa shape index (κ3) is 3.35. The molecule has 1 unspecified atom stereocenters. The van der Waals surface area contributed by atoms with Gasteiger partial charge in [0.2, 0.25) is 0 Å². The summed E-state index contributed by atoms with van der Waals surface area (Å²) >= 11 is 0. The lowest BCUT2D eigenvalue weighted by molar-refractivity contribution is 0.240. The Morgan fingerprint density at radius 1 is 1.29 bits per heavy atom. The summed E-state index contributed by atoms with van der Waals surface area (Å²) in [6, 6.07) is 0.320. The average molecular weight is 193 g/mol. The zero-order valence-electron chi connectivity index (χ0n) is 9.55. The fraction of sp³-hybridized carbons (Fsp3) is 0.846. The van der Waals surface area contributed by atoms with Gasteiger partial charge in [-0.05, 0) is 31.6 Å². The third-order valence-electron chi connectivity index (χ3n) is 3.59. The van der Waals surface area contributed by atoms with Crippen molar-refractivity contribution < 1.29 is 0 Å². The lowest BCUT2D eigenvalue weighted by Gasteiger charge is -2.30. The molecule has 1 rings (SSSR count). The number of hydrogen-bond acceptors (Lipinski definition) is 1. The highest BCUT2D eigenvalue weighted by atomic mass is 14.6. The van der Waals surface area contributed by atoms with Crippen LogP contribution in [0.5, 0.6) is 0 Å². The quantitative estimate of drug-likeness (QED) is 0.685. The van der Waals surface area contributed by atoms with E-state index in [0.717, 1.165) is 18.3 Å². The van der Waals surface area contributed by atoms with Crippen LogP contribution in [0.1, 0.15) is 52.4 Å². The predicted molar refractivity (Wildman–Crippen MR) is 61.8 cm³/mol. The molecule has 0 heterocycles. The van der Waals surface area contributed by atoms with Gasteiger partial charge in [0.05, 0.1) is 0 Å². The largest absolute Gasteiger partial charge is 0.327 e. The van der Waals surface area contributed by atoms with Gasteiger partial charge in [-0.3, -0.25) is 0 Å². The minimum atomic E-state index is 0.320. The molecule has 0 spiro atoms. The maximum Gasteiger partial charge on any atom is 0.0243 e. The maximum atomic E-state index is 6.12. The smallest absolute Gasteiger partial charge is 0.0243 e. The Kier molecular flexibility index (Phi) is 5.04. The molecule has 2 N–H and O–H groups in total. The SMILES string of the molecule is CC#CCC(N)C1CCC(CC)CC1. The highest BCUT2D eigenvalue weighted by Crippen LogP contribution is 2.32. The van der Waals surface area contributed by atoms with Gasteiger partial charge in [-0.15, -0.1) is 11.8 Å². The van der Waals surface area contributed by atoms with Gasteiger partial charge in [0.15, 0.2) is 0 Å². The summed E-state index contributed by atoms with van der Waals surface area (Å²) in [4.78, 5) is 0. The molecule has 1 aliphatic carbocycles. The molecule has 1 nitrogen and oxygen atoms in total. The van der Waals surface area contributed by atoms with Crippen LogP contribution in [-0.4, -0.2) is 6.04 Å². The highest BCUT2D eigenvalue weighted by Gasteiger charge is 2.23. The molecular formula is C13H23N. The van der Waals surface area contributed by atoms with Crippen LogP contribution in [0, 0.1) is 23.7 Å². The molecule has 0 aliphatic heterocycles. The van der Waals surface area contributed by atoms with Crippen molar-refractivity contribution in [2.75, 3.05) is 0 Å². The third-order valence-corrected chi connectivity index (χ3v) is 3.59. The van der Waals surface area contributed by atoms with E-state index >= 15 is 0 Å². The summed E-state index contributed by atoms with van der Waals surface area (Å²) in [6.45, 7) is 4.19. The van der Waals surface area contributed by atoms with Crippen molar-refractivity contribution in [2.45, 2.75) is 58.4 Å². The normalized spacial score (nSPS) is 29.1. The molecule has 14 heavy (non-hydrogen) atoms. The van der Waals surface area contributed by atoms with E-state index in [1.807, 2.05) is 6.92 Å². The molecule has 1 aliphatic rings. The van der Waals surface area contributed by atoms with Gasteiger partial charge < -0.3 is 5.73 Å².